The number of hydrogen-bond acceptors (Lipinski definition) is 9. The Labute approximate surface area is 186 Å². The highest BCUT2D eigenvalue weighted by Crippen LogP contribution is 2.26. The van der Waals surface area contributed by atoms with Gasteiger partial charge in [-0.1, -0.05) is 0 Å². The molecule has 2 heterocycles. The number of nitriles is 1. The first-order valence-electron chi connectivity index (χ1n) is 9.08. The van der Waals surface area contributed by atoms with Crippen LogP contribution in [0.1, 0.15) is 11.1 Å². The lowest BCUT2D eigenvalue weighted by molar-refractivity contribution is -0.153. The van der Waals surface area contributed by atoms with Crippen molar-refractivity contribution in [2.24, 2.45) is 5.14 Å². The fourth-order valence-corrected chi connectivity index (χ4v) is 3.11. The molecule has 172 valence electrons. The van der Waals surface area contributed by atoms with E-state index in [2.05, 4.69) is 25.6 Å². The molecule has 3 aromatic rings. The third kappa shape index (κ3) is 7.02. The molecular weight excluding hydrogens is 463 g/mol. The Morgan fingerprint density at radius 2 is 1.82 bits per heavy atom. The van der Waals surface area contributed by atoms with Crippen LogP contribution in [0.25, 0.3) is 0 Å². The number of primary sulfonamides is 1. The van der Waals surface area contributed by atoms with Crippen LogP contribution in [0, 0.1) is 11.3 Å². The summed E-state index contributed by atoms with van der Waals surface area (Å²) in [6.07, 6.45) is -1.96. The number of aromatic nitrogens is 3. The Balaban J connectivity index is 1.77. The molecule has 0 aliphatic carbocycles. The number of nitrogens with one attached hydrogen (secondary N) is 2. The maximum absolute atomic E-state index is 12.6. The zero-order valence-corrected chi connectivity index (χ0v) is 17.5. The van der Waals surface area contributed by atoms with E-state index in [9.17, 15) is 21.6 Å². The molecule has 0 spiro atoms. The minimum Gasteiger partial charge on any atom is -0.484 e. The first kappa shape index (κ1) is 23.7. The molecule has 10 nitrogen and oxygen atoms in total. The maximum Gasteiger partial charge on any atom is 0.422 e. The van der Waals surface area contributed by atoms with Gasteiger partial charge in [0.15, 0.2) is 6.61 Å². The summed E-state index contributed by atoms with van der Waals surface area (Å²) in [5.41, 5.74) is 0.503. The second-order valence-electron chi connectivity index (χ2n) is 6.53. The molecule has 2 aromatic heterocycles. The Morgan fingerprint density at radius 3 is 2.45 bits per heavy atom. The van der Waals surface area contributed by atoms with Gasteiger partial charge in [-0.15, -0.1) is 0 Å². The van der Waals surface area contributed by atoms with Crippen molar-refractivity contribution in [1.29, 1.82) is 5.26 Å². The van der Waals surface area contributed by atoms with Crippen molar-refractivity contribution in [3.05, 3.63) is 60.0 Å². The van der Waals surface area contributed by atoms with Crippen LogP contribution in [-0.2, 0) is 16.6 Å². The number of benzene rings is 1. The van der Waals surface area contributed by atoms with E-state index in [0.29, 0.717) is 17.2 Å². The molecule has 0 saturated carbocycles. The number of anilines is 3. The lowest BCUT2D eigenvalue weighted by atomic mass is 10.2. The zero-order valence-electron chi connectivity index (χ0n) is 16.7. The summed E-state index contributed by atoms with van der Waals surface area (Å²) in [6.45, 7) is -1.67. The number of alkyl halides is 3. The monoisotopic (exact) mass is 479 g/mol. The van der Waals surface area contributed by atoms with Crippen LogP contribution in [0.15, 0.2) is 53.8 Å². The number of sulfonamides is 1. The molecule has 0 aliphatic heterocycles. The maximum atomic E-state index is 12.6. The quantitative estimate of drug-likeness (QED) is 0.442. The van der Waals surface area contributed by atoms with Gasteiger partial charge in [-0.2, -0.15) is 18.4 Å². The number of nitrogens with two attached hydrogens (primary N) is 1. The van der Waals surface area contributed by atoms with Gasteiger partial charge in [0.1, 0.15) is 35.6 Å². The van der Waals surface area contributed by atoms with Gasteiger partial charge < -0.3 is 15.4 Å². The van der Waals surface area contributed by atoms with Crippen LogP contribution in [0.4, 0.5) is 30.6 Å². The minimum atomic E-state index is -4.57. The Kier molecular flexibility index (Phi) is 6.95. The van der Waals surface area contributed by atoms with Crippen LogP contribution >= 0.6 is 0 Å². The number of rotatable bonds is 8. The number of halogens is 3. The van der Waals surface area contributed by atoms with Crippen LogP contribution in [0.2, 0.25) is 0 Å². The largest absolute Gasteiger partial charge is 0.484 e. The topological polar surface area (TPSA) is 156 Å². The first-order chi connectivity index (χ1) is 15.5. The normalized spacial score (nSPS) is 11.5. The molecule has 14 heteroatoms. The third-order valence-electron chi connectivity index (χ3n) is 4.03. The standard InChI is InChI=1S/C19H16F3N7O3S/c20-19(21,22)10-32-15-3-2-14(33(24,30)31)5-13(15)9-26-17-6-18(28-11-27-17)29-16-4-1-12(7-23)8-25-16/h1-6,8,11H,9-10H2,(H2,24,30,31)(H2,25,26,27,28,29). The fraction of sp³-hybridized carbons (Fsp3) is 0.158. The van der Waals surface area contributed by atoms with E-state index >= 15 is 0 Å². The van der Waals surface area contributed by atoms with Crippen molar-refractivity contribution in [3.63, 3.8) is 0 Å². The van der Waals surface area contributed by atoms with Crippen molar-refractivity contribution in [1.82, 2.24) is 15.0 Å². The van der Waals surface area contributed by atoms with Crippen molar-refractivity contribution in [2.45, 2.75) is 17.6 Å². The van der Waals surface area contributed by atoms with E-state index in [-0.39, 0.29) is 28.6 Å². The zero-order chi connectivity index (χ0) is 24.1. The summed E-state index contributed by atoms with van der Waals surface area (Å²) >= 11 is 0. The molecule has 0 bridgehead atoms. The highest BCUT2D eigenvalue weighted by Gasteiger charge is 2.29. The summed E-state index contributed by atoms with van der Waals surface area (Å²) in [5.74, 6) is 0.879. The molecule has 0 amide bonds. The van der Waals surface area contributed by atoms with Crippen LogP contribution in [0.3, 0.4) is 0 Å². The Bertz CT molecular complexity index is 1280. The van der Waals surface area contributed by atoms with E-state index in [1.54, 1.807) is 12.1 Å². The van der Waals surface area contributed by atoms with Gasteiger partial charge in [-0.3, -0.25) is 0 Å². The smallest absolute Gasteiger partial charge is 0.422 e. The number of ether oxygens (including phenoxy) is 1. The van der Waals surface area contributed by atoms with Crippen LogP contribution in [0.5, 0.6) is 5.75 Å². The van der Waals surface area contributed by atoms with Gasteiger partial charge in [-0.05, 0) is 30.3 Å². The third-order valence-corrected chi connectivity index (χ3v) is 4.94. The highest BCUT2D eigenvalue weighted by atomic mass is 32.2. The van der Waals surface area contributed by atoms with Gasteiger partial charge in [0.05, 0.1) is 10.5 Å². The highest BCUT2D eigenvalue weighted by molar-refractivity contribution is 7.89. The predicted molar refractivity (Wildman–Crippen MR) is 111 cm³/mol. The van der Waals surface area contributed by atoms with E-state index in [0.717, 1.165) is 18.2 Å². The van der Waals surface area contributed by atoms with Crippen molar-refractivity contribution < 1.29 is 26.3 Å². The summed E-state index contributed by atoms with van der Waals surface area (Å²) in [7, 11) is -4.08. The van der Waals surface area contributed by atoms with E-state index in [4.69, 9.17) is 15.1 Å². The van der Waals surface area contributed by atoms with E-state index in [1.165, 1.54) is 18.6 Å². The van der Waals surface area contributed by atoms with Gasteiger partial charge in [-0.25, -0.2) is 28.5 Å². The second kappa shape index (κ2) is 9.67. The predicted octanol–water partition coefficient (Wildman–Crippen LogP) is 2.69. The average Bonchev–Trinajstić information content (AvgIpc) is 2.76. The lowest BCUT2D eigenvalue weighted by Crippen LogP contribution is -2.20. The second-order valence-corrected chi connectivity index (χ2v) is 8.09. The van der Waals surface area contributed by atoms with Crippen molar-refractivity contribution >= 4 is 27.5 Å². The number of nitrogens with zero attached hydrogens (tertiary/aromatic N) is 4. The SMILES string of the molecule is N#Cc1ccc(Nc2cc(NCc3cc(S(N)(=O)=O)ccc3OCC(F)(F)F)ncn2)nc1. The fourth-order valence-electron chi connectivity index (χ4n) is 2.54. The lowest BCUT2D eigenvalue weighted by Gasteiger charge is -2.15. The Hall–Kier alpha value is -3.96. The summed E-state index contributed by atoms with van der Waals surface area (Å²) in [5, 5.41) is 19.7. The first-order valence-corrected chi connectivity index (χ1v) is 10.6. The molecule has 0 atom stereocenters. The van der Waals surface area contributed by atoms with Crippen LogP contribution < -0.4 is 20.5 Å². The molecule has 4 N–H and O–H groups in total. The van der Waals surface area contributed by atoms with Gasteiger partial charge in [0.2, 0.25) is 10.0 Å². The summed E-state index contributed by atoms with van der Waals surface area (Å²) in [4.78, 5) is 11.8. The molecule has 0 saturated heterocycles. The van der Waals surface area contributed by atoms with Gasteiger partial charge >= 0.3 is 6.18 Å². The molecule has 0 aliphatic rings. The van der Waals surface area contributed by atoms with Crippen molar-refractivity contribution in [2.75, 3.05) is 17.2 Å². The number of pyridine rings is 1. The van der Waals surface area contributed by atoms with E-state index < -0.39 is 22.8 Å². The molecule has 1 aromatic carbocycles. The molecule has 33 heavy (non-hydrogen) atoms. The molecule has 0 unspecified atom stereocenters. The van der Waals surface area contributed by atoms with E-state index in [1.807, 2.05) is 6.07 Å². The minimum absolute atomic E-state index is 0.118. The average molecular weight is 479 g/mol. The summed E-state index contributed by atoms with van der Waals surface area (Å²) in [6, 6.07) is 9.88. The molecule has 3 rings (SSSR count). The summed E-state index contributed by atoms with van der Waals surface area (Å²) < 4.78 is 65.7. The molecule has 0 radical (unpaired) electrons. The molecular formula is C19H16F3N7O3S. The Morgan fingerprint density at radius 1 is 1.06 bits per heavy atom. The van der Waals surface area contributed by atoms with Crippen molar-refractivity contribution in [3.8, 4) is 11.8 Å². The van der Waals surface area contributed by atoms with Gasteiger partial charge in [0, 0.05) is 24.4 Å². The number of hydrogen-bond donors (Lipinski definition) is 3. The molecule has 0 fully saturated rings. The van der Waals surface area contributed by atoms with Crippen LogP contribution in [-0.4, -0.2) is 36.2 Å². The van der Waals surface area contributed by atoms with Gasteiger partial charge in [0.25, 0.3) is 0 Å².